The average Bonchev–Trinajstić information content (AvgIpc) is 2.90. The van der Waals surface area contributed by atoms with Crippen LogP contribution in [0.5, 0.6) is 0 Å². The van der Waals surface area contributed by atoms with E-state index < -0.39 is 17.3 Å². The van der Waals surface area contributed by atoms with Crippen LogP contribution in [0.4, 0.5) is 5.69 Å². The molecule has 6 heteroatoms. The molecular weight excluding hydrogens is 450 g/mol. The number of benzene rings is 2. The van der Waals surface area contributed by atoms with E-state index >= 15 is 0 Å². The van der Waals surface area contributed by atoms with Gasteiger partial charge in [0.25, 0.3) is 5.91 Å². The zero-order valence-corrected chi connectivity index (χ0v) is 16.6. The van der Waals surface area contributed by atoms with Crippen LogP contribution in [0.3, 0.4) is 0 Å². The van der Waals surface area contributed by atoms with Gasteiger partial charge >= 0.3 is 0 Å². The lowest BCUT2D eigenvalue weighted by Gasteiger charge is -2.21. The maximum Gasteiger partial charge on any atom is 0.266 e. The molecule has 1 N–H and O–H groups in total. The van der Waals surface area contributed by atoms with Crippen molar-refractivity contribution >= 4 is 49.2 Å². The highest BCUT2D eigenvalue weighted by Crippen LogP contribution is 2.31. The monoisotopic (exact) mass is 465 g/mol. The number of ketones is 1. The largest absolute Gasteiger partial charge is 0.373 e. The molecule has 25 heavy (non-hydrogen) atoms. The smallest absolute Gasteiger partial charge is 0.266 e. The zero-order valence-electron chi connectivity index (χ0n) is 13.4. The first-order chi connectivity index (χ1) is 11.9. The molecular formula is C19H17Br2NO3. The van der Waals surface area contributed by atoms with Crippen LogP contribution in [0.15, 0.2) is 57.5 Å². The van der Waals surface area contributed by atoms with Crippen LogP contribution in [0.2, 0.25) is 0 Å². The van der Waals surface area contributed by atoms with E-state index in [0.717, 1.165) is 14.5 Å². The number of aryl methyl sites for hydroxylation is 1. The predicted molar refractivity (Wildman–Crippen MR) is 104 cm³/mol. The maximum atomic E-state index is 12.7. The molecule has 2 aromatic carbocycles. The third-order valence-corrected chi connectivity index (χ3v) is 5.45. The highest BCUT2D eigenvalue weighted by Gasteiger charge is 2.50. The number of carbonyl (C=O) groups excluding carboxylic acids is 2. The fourth-order valence-corrected chi connectivity index (χ4v) is 3.70. The predicted octanol–water partition coefficient (Wildman–Crippen LogP) is 3.88. The second-order valence-electron chi connectivity index (χ2n) is 6.10. The third kappa shape index (κ3) is 3.86. The summed E-state index contributed by atoms with van der Waals surface area (Å²) in [6.07, 6.45) is 0.748. The highest BCUT2D eigenvalue weighted by atomic mass is 79.9. The van der Waals surface area contributed by atoms with Gasteiger partial charge in [0.1, 0.15) is 0 Å². The van der Waals surface area contributed by atoms with E-state index in [-0.39, 0.29) is 12.8 Å². The number of rotatable bonds is 5. The number of nitrogens with zero attached hydrogens (tertiary/aromatic N) is 1. The lowest BCUT2D eigenvalue weighted by molar-refractivity contribution is -0.147. The topological polar surface area (TPSA) is 57.6 Å². The third-order valence-electron chi connectivity index (χ3n) is 4.43. The molecule has 1 atom stereocenters. The van der Waals surface area contributed by atoms with Gasteiger partial charge in [-0.15, -0.1) is 0 Å². The Morgan fingerprint density at radius 2 is 1.84 bits per heavy atom. The SMILES string of the molecule is O=C(CCc1cccc(Br)c1)[C@@]1(O)CCN(c2ccc(Br)cc2)C1=O. The highest BCUT2D eigenvalue weighted by molar-refractivity contribution is 9.10. The van der Waals surface area contributed by atoms with E-state index in [1.54, 1.807) is 12.1 Å². The number of hydrogen-bond acceptors (Lipinski definition) is 3. The van der Waals surface area contributed by atoms with E-state index in [2.05, 4.69) is 31.9 Å². The van der Waals surface area contributed by atoms with Crippen LogP contribution >= 0.6 is 31.9 Å². The second kappa shape index (κ2) is 7.40. The van der Waals surface area contributed by atoms with Crippen LogP contribution in [0.1, 0.15) is 18.4 Å². The minimum atomic E-state index is -1.92. The first kappa shape index (κ1) is 18.3. The molecule has 0 aliphatic carbocycles. The van der Waals surface area contributed by atoms with Crippen LogP contribution in [0, 0.1) is 0 Å². The summed E-state index contributed by atoms with van der Waals surface area (Å²) in [6, 6.07) is 14.9. The van der Waals surface area contributed by atoms with Crippen molar-refractivity contribution in [2.24, 2.45) is 0 Å². The molecule has 1 fully saturated rings. The molecule has 0 saturated carbocycles. The van der Waals surface area contributed by atoms with Gasteiger partial charge in [0.15, 0.2) is 5.78 Å². The minimum Gasteiger partial charge on any atom is -0.373 e. The van der Waals surface area contributed by atoms with Gasteiger partial charge in [-0.05, 0) is 48.4 Å². The van der Waals surface area contributed by atoms with Crippen molar-refractivity contribution in [2.45, 2.75) is 24.9 Å². The van der Waals surface area contributed by atoms with Gasteiger partial charge in [0, 0.05) is 34.0 Å². The van der Waals surface area contributed by atoms with Crippen LogP contribution < -0.4 is 4.90 Å². The summed E-state index contributed by atoms with van der Waals surface area (Å²) in [5, 5.41) is 10.7. The fourth-order valence-electron chi connectivity index (χ4n) is 2.99. The van der Waals surface area contributed by atoms with Gasteiger partial charge in [-0.2, -0.15) is 0 Å². The van der Waals surface area contributed by atoms with Crippen molar-refractivity contribution in [3.63, 3.8) is 0 Å². The molecule has 1 amide bonds. The van der Waals surface area contributed by atoms with Crippen molar-refractivity contribution in [1.82, 2.24) is 0 Å². The fraction of sp³-hybridized carbons (Fsp3) is 0.263. The van der Waals surface area contributed by atoms with Crippen molar-refractivity contribution in [1.29, 1.82) is 0 Å². The van der Waals surface area contributed by atoms with Crippen molar-refractivity contribution in [3.05, 3.63) is 63.0 Å². The normalized spacial score (nSPS) is 20.1. The number of carbonyl (C=O) groups is 2. The number of hydrogen-bond donors (Lipinski definition) is 1. The molecule has 0 bridgehead atoms. The van der Waals surface area contributed by atoms with E-state index in [1.165, 1.54) is 4.90 Å². The summed E-state index contributed by atoms with van der Waals surface area (Å²) in [5.74, 6) is -0.953. The number of anilines is 1. The standard InChI is InChI=1S/C19H17Br2NO3/c20-14-5-7-16(8-6-14)22-11-10-19(25,18(22)24)17(23)9-4-13-2-1-3-15(21)12-13/h1-3,5-8,12,25H,4,9-11H2/t19-/m0/s1. The Bertz CT molecular complexity index is 807. The molecule has 1 aliphatic heterocycles. The summed E-state index contributed by atoms with van der Waals surface area (Å²) in [5.41, 5.74) is -0.246. The van der Waals surface area contributed by atoms with Gasteiger partial charge in [-0.3, -0.25) is 9.59 Å². The van der Waals surface area contributed by atoms with Crippen LogP contribution in [0.25, 0.3) is 0 Å². The molecule has 1 heterocycles. The molecule has 0 radical (unpaired) electrons. The number of Topliss-reactive ketones (excluding diaryl/α,β-unsaturated/α-hetero) is 1. The van der Waals surface area contributed by atoms with Gasteiger partial charge in [-0.25, -0.2) is 0 Å². The van der Waals surface area contributed by atoms with E-state index in [0.29, 0.717) is 18.7 Å². The zero-order chi connectivity index (χ0) is 18.0. The Balaban J connectivity index is 1.69. The Kier molecular flexibility index (Phi) is 5.41. The van der Waals surface area contributed by atoms with Gasteiger partial charge in [0.2, 0.25) is 5.60 Å². The molecule has 130 valence electrons. The van der Waals surface area contributed by atoms with E-state index in [1.807, 2.05) is 36.4 Å². The first-order valence-electron chi connectivity index (χ1n) is 7.98. The maximum absolute atomic E-state index is 12.7. The molecule has 0 unspecified atom stereocenters. The Hall–Kier alpha value is -1.50. The lowest BCUT2D eigenvalue weighted by Crippen LogP contribution is -2.47. The molecule has 0 spiro atoms. The number of aliphatic hydroxyl groups is 1. The Morgan fingerprint density at radius 3 is 2.52 bits per heavy atom. The average molecular weight is 467 g/mol. The Morgan fingerprint density at radius 1 is 1.12 bits per heavy atom. The van der Waals surface area contributed by atoms with E-state index in [9.17, 15) is 14.7 Å². The molecule has 1 saturated heterocycles. The van der Waals surface area contributed by atoms with Gasteiger partial charge in [-0.1, -0.05) is 44.0 Å². The molecule has 4 nitrogen and oxygen atoms in total. The molecule has 3 rings (SSSR count). The van der Waals surface area contributed by atoms with E-state index in [4.69, 9.17) is 0 Å². The first-order valence-corrected chi connectivity index (χ1v) is 9.56. The van der Waals surface area contributed by atoms with Gasteiger partial charge in [0.05, 0.1) is 0 Å². The van der Waals surface area contributed by atoms with Crippen molar-refractivity contribution in [2.75, 3.05) is 11.4 Å². The van der Waals surface area contributed by atoms with Crippen molar-refractivity contribution in [3.8, 4) is 0 Å². The summed E-state index contributed by atoms with van der Waals surface area (Å²) >= 11 is 6.75. The summed E-state index contributed by atoms with van der Waals surface area (Å²) in [7, 11) is 0. The Labute approximate surface area is 163 Å². The summed E-state index contributed by atoms with van der Waals surface area (Å²) in [6.45, 7) is 0.333. The van der Waals surface area contributed by atoms with Crippen LogP contribution in [-0.2, 0) is 16.0 Å². The lowest BCUT2D eigenvalue weighted by atomic mass is 9.92. The van der Waals surface area contributed by atoms with Crippen LogP contribution in [-0.4, -0.2) is 28.9 Å². The molecule has 2 aromatic rings. The quantitative estimate of drug-likeness (QED) is 0.680. The minimum absolute atomic E-state index is 0.124. The number of amides is 1. The second-order valence-corrected chi connectivity index (χ2v) is 7.93. The molecule has 0 aromatic heterocycles. The van der Waals surface area contributed by atoms with Gasteiger partial charge < -0.3 is 10.0 Å². The summed E-state index contributed by atoms with van der Waals surface area (Å²) < 4.78 is 1.85. The molecule has 1 aliphatic rings. The number of halogens is 2. The van der Waals surface area contributed by atoms with Crippen molar-refractivity contribution < 1.29 is 14.7 Å². The summed E-state index contributed by atoms with van der Waals surface area (Å²) in [4.78, 5) is 26.7.